The average Bonchev–Trinajstić information content (AvgIpc) is 2.64. The fourth-order valence-electron chi connectivity index (χ4n) is 1.11. The Morgan fingerprint density at radius 3 is 2.71 bits per heavy atom. The van der Waals surface area contributed by atoms with Crippen molar-refractivity contribution in [2.24, 2.45) is 0 Å². The van der Waals surface area contributed by atoms with E-state index < -0.39 is 10.0 Å². The number of rotatable bonds is 3. The van der Waals surface area contributed by atoms with Crippen molar-refractivity contribution in [1.29, 1.82) is 0 Å². The molecule has 90 valence electrons. The summed E-state index contributed by atoms with van der Waals surface area (Å²) >= 11 is 3.15. The third-order valence-electron chi connectivity index (χ3n) is 1.90. The summed E-state index contributed by atoms with van der Waals surface area (Å²) in [6.07, 6.45) is 4.04. The third-order valence-corrected chi connectivity index (χ3v) is 3.65. The van der Waals surface area contributed by atoms with Crippen LogP contribution in [-0.2, 0) is 10.0 Å². The molecule has 0 fully saturated rings. The summed E-state index contributed by atoms with van der Waals surface area (Å²) in [5, 5.41) is 6.06. The minimum absolute atomic E-state index is 0.0286. The molecule has 0 radical (unpaired) electrons. The zero-order chi connectivity index (χ0) is 12.5. The fourth-order valence-corrected chi connectivity index (χ4v) is 2.66. The van der Waals surface area contributed by atoms with Crippen LogP contribution in [0.4, 0.5) is 11.5 Å². The van der Waals surface area contributed by atoms with Crippen molar-refractivity contribution in [3.8, 4) is 0 Å². The smallest absolute Gasteiger partial charge is 0.264 e. The lowest BCUT2D eigenvalue weighted by Crippen LogP contribution is -2.14. The number of nitrogens with two attached hydrogens (primary N) is 1. The number of pyridine rings is 1. The largest absolute Gasteiger partial charge is 0.394 e. The summed E-state index contributed by atoms with van der Waals surface area (Å²) in [6, 6.07) is 1.43. The van der Waals surface area contributed by atoms with Crippen LogP contribution in [-0.4, -0.2) is 23.6 Å². The zero-order valence-electron chi connectivity index (χ0n) is 8.38. The monoisotopic (exact) mass is 317 g/mol. The van der Waals surface area contributed by atoms with Crippen LogP contribution < -0.4 is 10.5 Å². The summed E-state index contributed by atoms with van der Waals surface area (Å²) in [6.45, 7) is 0. The first kappa shape index (κ1) is 11.9. The highest BCUT2D eigenvalue weighted by Gasteiger charge is 2.17. The molecule has 7 nitrogen and oxygen atoms in total. The number of hydrogen-bond donors (Lipinski definition) is 3. The molecule has 0 aliphatic rings. The van der Waals surface area contributed by atoms with Crippen LogP contribution >= 0.6 is 15.9 Å². The molecule has 0 aromatic carbocycles. The average molecular weight is 318 g/mol. The van der Waals surface area contributed by atoms with Crippen molar-refractivity contribution in [3.05, 3.63) is 29.1 Å². The van der Waals surface area contributed by atoms with Crippen LogP contribution in [0.1, 0.15) is 0 Å². The van der Waals surface area contributed by atoms with Gasteiger partial charge in [0.25, 0.3) is 10.0 Å². The third kappa shape index (κ3) is 2.56. The van der Waals surface area contributed by atoms with Crippen LogP contribution in [0, 0.1) is 0 Å². The van der Waals surface area contributed by atoms with Crippen LogP contribution in [0.25, 0.3) is 0 Å². The lowest BCUT2D eigenvalue weighted by atomic mass is 10.5. The SMILES string of the molecule is Nc1cn[nH]c1NS(=O)(=O)c1cncc(Br)c1. The Morgan fingerprint density at radius 2 is 2.12 bits per heavy atom. The van der Waals surface area contributed by atoms with Gasteiger partial charge >= 0.3 is 0 Å². The van der Waals surface area contributed by atoms with Crippen molar-refractivity contribution in [3.63, 3.8) is 0 Å². The molecule has 0 saturated heterocycles. The van der Waals surface area contributed by atoms with Crippen molar-refractivity contribution in [2.75, 3.05) is 10.5 Å². The van der Waals surface area contributed by atoms with E-state index in [2.05, 4.69) is 35.8 Å². The molecule has 0 amide bonds. The summed E-state index contributed by atoms with van der Waals surface area (Å²) in [5.41, 5.74) is 5.73. The topological polar surface area (TPSA) is 114 Å². The summed E-state index contributed by atoms with van der Waals surface area (Å²) in [4.78, 5) is 3.81. The first-order valence-corrected chi connectivity index (χ1v) is 6.69. The van der Waals surface area contributed by atoms with Crippen LogP contribution in [0.2, 0.25) is 0 Å². The number of H-pyrrole nitrogens is 1. The number of nitrogen functional groups attached to an aromatic ring is 1. The van der Waals surface area contributed by atoms with E-state index in [4.69, 9.17) is 5.73 Å². The molecule has 17 heavy (non-hydrogen) atoms. The number of sulfonamides is 1. The van der Waals surface area contributed by atoms with Gasteiger partial charge in [0, 0.05) is 16.9 Å². The van der Waals surface area contributed by atoms with E-state index in [1.165, 1.54) is 24.7 Å². The number of anilines is 2. The molecule has 0 unspecified atom stereocenters. The molecule has 0 bridgehead atoms. The van der Waals surface area contributed by atoms with Crippen molar-refractivity contribution in [1.82, 2.24) is 15.2 Å². The number of nitrogens with one attached hydrogen (secondary N) is 2. The van der Waals surface area contributed by atoms with E-state index in [9.17, 15) is 8.42 Å². The molecule has 0 saturated carbocycles. The molecule has 2 heterocycles. The molecule has 0 aliphatic heterocycles. The molecule has 0 aliphatic carbocycles. The molecule has 0 atom stereocenters. The summed E-state index contributed by atoms with van der Waals surface area (Å²) in [7, 11) is -3.72. The molecule has 2 rings (SSSR count). The van der Waals surface area contributed by atoms with Gasteiger partial charge in [0.05, 0.1) is 11.9 Å². The lowest BCUT2D eigenvalue weighted by Gasteiger charge is -2.06. The Bertz CT molecular complexity index is 639. The van der Waals surface area contributed by atoms with Gasteiger partial charge in [-0.1, -0.05) is 0 Å². The molecule has 0 spiro atoms. The molecule has 2 aromatic rings. The quantitative estimate of drug-likeness (QED) is 0.779. The highest BCUT2D eigenvalue weighted by atomic mass is 79.9. The van der Waals surface area contributed by atoms with E-state index in [-0.39, 0.29) is 16.4 Å². The Labute approximate surface area is 106 Å². The molecule has 9 heteroatoms. The predicted octanol–water partition coefficient (Wildman–Crippen LogP) is 0.950. The second-order valence-electron chi connectivity index (χ2n) is 3.14. The van der Waals surface area contributed by atoms with E-state index in [1.54, 1.807) is 0 Å². The van der Waals surface area contributed by atoms with Gasteiger partial charge in [0.15, 0.2) is 5.82 Å². The Kier molecular flexibility index (Phi) is 3.03. The standard InChI is InChI=1S/C8H8BrN5O2S/c9-5-1-6(3-11-2-5)17(15,16)14-8-7(10)4-12-13-8/h1-4H,10H2,(H2,12,13,14). The summed E-state index contributed by atoms with van der Waals surface area (Å²) in [5.74, 6) is 0.130. The highest BCUT2D eigenvalue weighted by Crippen LogP contribution is 2.20. The second-order valence-corrected chi connectivity index (χ2v) is 5.74. The zero-order valence-corrected chi connectivity index (χ0v) is 10.8. The Balaban J connectivity index is 2.35. The van der Waals surface area contributed by atoms with Gasteiger partial charge in [-0.05, 0) is 22.0 Å². The lowest BCUT2D eigenvalue weighted by molar-refractivity contribution is 0.600. The Hall–Kier alpha value is -1.61. The number of aromatic amines is 1. The molecular weight excluding hydrogens is 310 g/mol. The number of aromatic nitrogens is 3. The van der Waals surface area contributed by atoms with E-state index in [0.717, 1.165) is 0 Å². The minimum atomic E-state index is -3.72. The van der Waals surface area contributed by atoms with E-state index >= 15 is 0 Å². The first-order valence-electron chi connectivity index (χ1n) is 4.41. The maximum absolute atomic E-state index is 11.9. The van der Waals surface area contributed by atoms with E-state index in [0.29, 0.717) is 4.47 Å². The van der Waals surface area contributed by atoms with Crippen LogP contribution in [0.3, 0.4) is 0 Å². The maximum Gasteiger partial charge on any atom is 0.264 e. The predicted molar refractivity (Wildman–Crippen MR) is 65.7 cm³/mol. The van der Waals surface area contributed by atoms with Gasteiger partial charge in [-0.15, -0.1) is 0 Å². The molecular formula is C8H8BrN5O2S. The normalized spacial score (nSPS) is 11.4. The van der Waals surface area contributed by atoms with Gasteiger partial charge in [0.1, 0.15) is 4.90 Å². The van der Waals surface area contributed by atoms with Crippen LogP contribution in [0.5, 0.6) is 0 Å². The van der Waals surface area contributed by atoms with Gasteiger partial charge in [-0.2, -0.15) is 5.10 Å². The van der Waals surface area contributed by atoms with Crippen molar-refractivity contribution >= 4 is 37.5 Å². The van der Waals surface area contributed by atoms with Gasteiger partial charge in [-0.3, -0.25) is 14.8 Å². The number of halogens is 1. The highest BCUT2D eigenvalue weighted by molar-refractivity contribution is 9.10. The van der Waals surface area contributed by atoms with Crippen molar-refractivity contribution in [2.45, 2.75) is 4.90 Å². The van der Waals surface area contributed by atoms with Gasteiger partial charge < -0.3 is 5.73 Å². The van der Waals surface area contributed by atoms with Gasteiger partial charge in [0.2, 0.25) is 0 Å². The Morgan fingerprint density at radius 1 is 1.35 bits per heavy atom. The van der Waals surface area contributed by atoms with E-state index in [1.807, 2.05) is 0 Å². The second kappa shape index (κ2) is 4.34. The summed E-state index contributed by atoms with van der Waals surface area (Å²) < 4.78 is 26.7. The first-order chi connectivity index (χ1) is 7.99. The van der Waals surface area contributed by atoms with Crippen molar-refractivity contribution < 1.29 is 8.42 Å². The van der Waals surface area contributed by atoms with Gasteiger partial charge in [-0.25, -0.2) is 8.42 Å². The maximum atomic E-state index is 11.9. The molecule has 4 N–H and O–H groups in total. The molecule has 2 aromatic heterocycles. The number of nitrogens with zero attached hydrogens (tertiary/aromatic N) is 2. The minimum Gasteiger partial charge on any atom is -0.394 e. The fraction of sp³-hybridized carbons (Fsp3) is 0. The number of hydrogen-bond acceptors (Lipinski definition) is 5. The van der Waals surface area contributed by atoms with Crippen LogP contribution in [0.15, 0.2) is 34.0 Å².